The lowest BCUT2D eigenvalue weighted by atomic mass is 9.88. The van der Waals surface area contributed by atoms with E-state index in [2.05, 4.69) is 78.9 Å². The van der Waals surface area contributed by atoms with Crippen LogP contribution in [0.5, 0.6) is 0 Å². The lowest BCUT2D eigenvalue weighted by Crippen LogP contribution is -2.45. The first-order valence-corrected chi connectivity index (χ1v) is 14.3. The van der Waals surface area contributed by atoms with E-state index in [-0.39, 0.29) is 0 Å². The Morgan fingerprint density at radius 3 is 2.62 bits per heavy atom. The van der Waals surface area contributed by atoms with Gasteiger partial charge >= 0.3 is 0 Å². The fourth-order valence-corrected chi connectivity index (χ4v) is 6.50. The number of fused-ring (bicyclic) bond motifs is 3. The second kappa shape index (κ2) is 10.5. The van der Waals surface area contributed by atoms with Gasteiger partial charge < -0.3 is 15.1 Å². The summed E-state index contributed by atoms with van der Waals surface area (Å²) in [4.78, 5) is 20.0. The van der Waals surface area contributed by atoms with Gasteiger partial charge in [0.1, 0.15) is 19.5 Å². The molecule has 1 aliphatic carbocycles. The number of likely N-dealkylation sites (tertiary alicyclic amines) is 2. The monoisotopic (exact) mass is 528 g/mol. The van der Waals surface area contributed by atoms with Gasteiger partial charge in [-0.2, -0.15) is 0 Å². The van der Waals surface area contributed by atoms with Gasteiger partial charge in [0.2, 0.25) is 0 Å². The average Bonchev–Trinajstić information content (AvgIpc) is 3.48. The molecule has 0 unspecified atom stereocenters. The van der Waals surface area contributed by atoms with Crippen LogP contribution >= 0.6 is 0 Å². The topological polar surface area (TPSA) is 56.7 Å². The molecule has 6 nitrogen and oxygen atoms in total. The van der Waals surface area contributed by atoms with Crippen LogP contribution in [0.25, 0.3) is 11.3 Å². The van der Waals surface area contributed by atoms with E-state index in [0.29, 0.717) is 6.04 Å². The van der Waals surface area contributed by atoms with Crippen LogP contribution in [0.1, 0.15) is 47.2 Å². The predicted octanol–water partition coefficient (Wildman–Crippen LogP) is 4.80. The minimum atomic E-state index is 0.479. The van der Waals surface area contributed by atoms with Crippen molar-refractivity contribution in [2.75, 3.05) is 25.0 Å². The zero-order chi connectivity index (χ0) is 28.0. The highest BCUT2D eigenvalue weighted by atomic mass is 15.2. The van der Waals surface area contributed by atoms with Gasteiger partial charge in [-0.25, -0.2) is 9.98 Å². The van der Waals surface area contributed by atoms with Crippen molar-refractivity contribution in [3.63, 3.8) is 0 Å². The van der Waals surface area contributed by atoms with E-state index in [1.165, 1.54) is 27.7 Å². The summed E-state index contributed by atoms with van der Waals surface area (Å²) in [6.45, 7) is 19.5. The van der Waals surface area contributed by atoms with Gasteiger partial charge in [0.05, 0.1) is 22.6 Å². The quantitative estimate of drug-likeness (QED) is 0.229. The molecule has 0 radical (unpaired) electrons. The Morgan fingerprint density at radius 2 is 1.93 bits per heavy atom. The van der Waals surface area contributed by atoms with Gasteiger partial charge in [-0.15, -0.1) is 0 Å². The number of aliphatic imine (C=N–C) groups is 1. The molecule has 40 heavy (non-hydrogen) atoms. The Balaban J connectivity index is 1.43. The van der Waals surface area contributed by atoms with Crippen LogP contribution in [0.15, 0.2) is 78.7 Å². The van der Waals surface area contributed by atoms with Crippen LogP contribution in [-0.4, -0.2) is 59.1 Å². The molecule has 1 N–H and O–H groups in total. The van der Waals surface area contributed by atoms with E-state index in [9.17, 15) is 0 Å². The maximum absolute atomic E-state index is 5.36. The number of anilines is 1. The highest BCUT2D eigenvalue weighted by molar-refractivity contribution is 6.36. The van der Waals surface area contributed by atoms with E-state index < -0.39 is 0 Å². The number of pyridine rings is 2. The van der Waals surface area contributed by atoms with Crippen molar-refractivity contribution in [1.29, 1.82) is 0 Å². The molecule has 0 bridgehead atoms. The zero-order valence-electron chi connectivity index (χ0n) is 23.9. The fraction of sp³-hybridized carbons (Fsp3) is 0.303. The molecule has 6 rings (SSSR count). The van der Waals surface area contributed by atoms with Crippen molar-refractivity contribution >= 4 is 30.6 Å². The molecule has 3 aliphatic rings. The summed E-state index contributed by atoms with van der Waals surface area (Å²) >= 11 is 0. The van der Waals surface area contributed by atoms with Crippen molar-refractivity contribution in [3.8, 4) is 11.3 Å². The lowest BCUT2D eigenvalue weighted by molar-refractivity contribution is 0.189. The van der Waals surface area contributed by atoms with Gasteiger partial charge in [-0.3, -0.25) is 4.98 Å². The van der Waals surface area contributed by atoms with E-state index in [1.54, 1.807) is 6.20 Å². The van der Waals surface area contributed by atoms with Gasteiger partial charge in [0, 0.05) is 44.0 Å². The summed E-state index contributed by atoms with van der Waals surface area (Å²) in [5, 5.41) is 3.36. The number of aryl methyl sites for hydroxylation is 2. The first kappa shape index (κ1) is 26.1. The highest BCUT2D eigenvalue weighted by Gasteiger charge is 2.32. The lowest BCUT2D eigenvalue weighted by Gasteiger charge is -2.39. The number of amidine groups is 1. The Labute approximate surface area is 238 Å². The molecular weight excluding hydrogens is 491 g/mol. The van der Waals surface area contributed by atoms with Gasteiger partial charge in [-0.05, 0) is 79.3 Å². The smallest absolute Gasteiger partial charge is 0.141 e. The number of rotatable bonds is 5. The molecule has 2 saturated heterocycles. The number of hydrogen-bond donors (Lipinski definition) is 1. The molecular formula is C33H37BN6. The van der Waals surface area contributed by atoms with Crippen molar-refractivity contribution in [1.82, 2.24) is 19.8 Å². The number of nitrogens with one attached hydrogen (secondary N) is 1. The summed E-state index contributed by atoms with van der Waals surface area (Å²) in [5.74, 6) is 1.73. The van der Waals surface area contributed by atoms with Crippen molar-refractivity contribution in [3.05, 3.63) is 102 Å². The molecule has 1 aromatic carbocycles. The average molecular weight is 529 g/mol. The van der Waals surface area contributed by atoms with Crippen LogP contribution in [0.4, 0.5) is 11.5 Å². The van der Waals surface area contributed by atoms with Crippen LogP contribution < -0.4 is 10.8 Å². The molecule has 4 heterocycles. The van der Waals surface area contributed by atoms with Gasteiger partial charge in [-0.1, -0.05) is 43.4 Å². The third kappa shape index (κ3) is 4.53. The number of piperidine rings is 1. The maximum atomic E-state index is 5.36. The first-order valence-electron chi connectivity index (χ1n) is 14.3. The summed E-state index contributed by atoms with van der Waals surface area (Å²) in [6, 6.07) is 11.3. The number of aromatic nitrogens is 2. The van der Waals surface area contributed by atoms with Crippen molar-refractivity contribution < 1.29 is 0 Å². The van der Waals surface area contributed by atoms with E-state index >= 15 is 0 Å². The summed E-state index contributed by atoms with van der Waals surface area (Å²) < 4.78 is 0. The van der Waals surface area contributed by atoms with Crippen LogP contribution in [0.3, 0.4) is 0 Å². The number of nitrogens with zero attached hydrogens (tertiary/aromatic N) is 5. The second-order valence-electron chi connectivity index (χ2n) is 11.2. The van der Waals surface area contributed by atoms with E-state index in [1.807, 2.05) is 19.2 Å². The van der Waals surface area contributed by atoms with Crippen LogP contribution in [0, 0.1) is 13.8 Å². The Bertz CT molecular complexity index is 1540. The molecule has 202 valence electrons. The molecule has 2 aliphatic heterocycles. The van der Waals surface area contributed by atoms with E-state index in [0.717, 1.165) is 90.9 Å². The molecule has 7 heteroatoms. The van der Waals surface area contributed by atoms with E-state index in [4.69, 9.17) is 9.98 Å². The van der Waals surface area contributed by atoms with Crippen molar-refractivity contribution in [2.45, 2.75) is 45.6 Å². The van der Waals surface area contributed by atoms with Gasteiger partial charge in [0.15, 0.2) is 0 Å². The maximum Gasteiger partial charge on any atom is 0.141 e. The van der Waals surface area contributed by atoms with Crippen LogP contribution in [-0.2, 0) is 6.42 Å². The number of allylic oxidation sites excluding steroid dienone is 1. The van der Waals surface area contributed by atoms with Crippen LogP contribution in [0.2, 0.25) is 0 Å². The molecule has 0 saturated carbocycles. The minimum Gasteiger partial charge on any atom is -0.368 e. The zero-order valence-corrected chi connectivity index (χ0v) is 23.9. The third-order valence-electron chi connectivity index (χ3n) is 8.70. The first-order chi connectivity index (χ1) is 19.4. The normalized spacial score (nSPS) is 17.3. The molecule has 2 fully saturated rings. The number of hydrogen-bond acceptors (Lipinski definition) is 5. The van der Waals surface area contributed by atoms with Gasteiger partial charge in [0.25, 0.3) is 0 Å². The minimum absolute atomic E-state index is 0.479. The predicted molar refractivity (Wildman–Crippen MR) is 169 cm³/mol. The van der Waals surface area contributed by atoms with Crippen molar-refractivity contribution in [2.24, 2.45) is 4.99 Å². The summed E-state index contributed by atoms with van der Waals surface area (Å²) in [5.41, 5.74) is 12.4. The SMILES string of the molecule is Bc1cccc2c1-c1nc(NC=C)c(/C(=N\c3c(C)ccnc3C)N3CCC(N4CCC(=C)C4=C)CC3)cc1C2. The molecule has 2 aromatic heterocycles. The molecule has 0 spiro atoms. The standard InChI is InChI=1S/C33H37BN6/c1-6-35-32-27(19-25-18-24-8-7-9-28(34)29(24)31(25)37-32)33(38-30-21(3)10-14-36-22(30)4)39-15-12-26(13-16-39)40-17-11-20(2)23(40)5/h6-10,14,19,26H,1-2,5,11-13,15-18,34H2,3-4H3,(H,35,37)/b38-33+. The molecule has 0 amide bonds. The highest BCUT2D eigenvalue weighted by Crippen LogP contribution is 2.38. The Kier molecular flexibility index (Phi) is 6.82. The molecule has 3 aromatic rings. The molecule has 0 atom stereocenters. The summed E-state index contributed by atoms with van der Waals surface area (Å²) in [7, 11) is 2.17. The Hall–Kier alpha value is -4.13. The largest absolute Gasteiger partial charge is 0.368 e. The third-order valence-corrected chi connectivity index (χ3v) is 8.70. The second-order valence-corrected chi connectivity index (χ2v) is 11.2. The number of benzene rings is 1. The summed E-state index contributed by atoms with van der Waals surface area (Å²) in [6.07, 6.45) is 7.55. The fourth-order valence-electron chi connectivity index (χ4n) is 6.50. The Morgan fingerprint density at radius 1 is 1.12 bits per heavy atom.